The molecule has 26 heavy (non-hydrogen) atoms. The molecule has 5 nitrogen and oxygen atoms in total. The van der Waals surface area contributed by atoms with Crippen molar-refractivity contribution in [2.24, 2.45) is 11.3 Å². The molecular formula is C20H26N2O3S. The summed E-state index contributed by atoms with van der Waals surface area (Å²) in [5.74, 6) is 0.845. The van der Waals surface area contributed by atoms with Crippen molar-refractivity contribution in [3.05, 3.63) is 46.5 Å². The highest BCUT2D eigenvalue weighted by Gasteiger charge is 2.49. The Labute approximate surface area is 158 Å². The Hall–Kier alpha value is -1.63. The van der Waals surface area contributed by atoms with Crippen LogP contribution in [-0.4, -0.2) is 55.6 Å². The number of amides is 1. The molecule has 0 saturated carbocycles. The van der Waals surface area contributed by atoms with Crippen LogP contribution in [0.3, 0.4) is 0 Å². The molecule has 2 aliphatic heterocycles. The largest absolute Gasteiger partial charge is 0.459 e. The zero-order valence-electron chi connectivity index (χ0n) is 15.2. The number of carbonyl (C=O) groups excluding carboxylic acids is 1. The quantitative estimate of drug-likeness (QED) is 0.805. The summed E-state index contributed by atoms with van der Waals surface area (Å²) >= 11 is 1.83. The van der Waals surface area contributed by atoms with Gasteiger partial charge in [-0.2, -0.15) is 0 Å². The topological polar surface area (TPSA) is 45.9 Å². The highest BCUT2D eigenvalue weighted by atomic mass is 32.1. The van der Waals surface area contributed by atoms with Crippen LogP contribution in [0.15, 0.2) is 40.3 Å². The van der Waals surface area contributed by atoms with E-state index in [1.165, 1.54) is 4.88 Å². The van der Waals surface area contributed by atoms with Gasteiger partial charge in [-0.05, 0) is 54.9 Å². The Bertz CT molecular complexity index is 706. The average Bonchev–Trinajstić information content (AvgIpc) is 3.40. The normalized spacial score (nSPS) is 23.0. The molecular weight excluding hydrogens is 348 g/mol. The SMILES string of the molecule is COC[C@H]1CN(C(=O)c2ccco2)CC12CCN(Cc1cccs1)CC2. The van der Waals surface area contributed by atoms with Crippen molar-refractivity contribution < 1.29 is 13.9 Å². The van der Waals surface area contributed by atoms with Crippen molar-refractivity contribution >= 4 is 17.2 Å². The van der Waals surface area contributed by atoms with Gasteiger partial charge in [0.1, 0.15) is 0 Å². The predicted molar refractivity (Wildman–Crippen MR) is 101 cm³/mol. The number of nitrogens with zero attached hydrogens (tertiary/aromatic N) is 2. The summed E-state index contributed by atoms with van der Waals surface area (Å²) in [5.41, 5.74) is 0.171. The number of piperidine rings is 1. The fourth-order valence-corrected chi connectivity index (χ4v) is 5.27. The first-order valence-corrected chi connectivity index (χ1v) is 10.1. The number of thiophene rings is 1. The monoisotopic (exact) mass is 374 g/mol. The zero-order valence-corrected chi connectivity index (χ0v) is 16.0. The summed E-state index contributed by atoms with van der Waals surface area (Å²) in [6.07, 6.45) is 3.80. The Kier molecular flexibility index (Phi) is 5.16. The van der Waals surface area contributed by atoms with Gasteiger partial charge in [0.25, 0.3) is 5.91 Å². The molecule has 1 atom stereocenters. The van der Waals surface area contributed by atoms with Crippen LogP contribution in [0.25, 0.3) is 0 Å². The summed E-state index contributed by atoms with van der Waals surface area (Å²) in [6.45, 7) is 5.50. The lowest BCUT2D eigenvalue weighted by Crippen LogP contribution is -2.45. The van der Waals surface area contributed by atoms with Crippen molar-refractivity contribution in [2.75, 3.05) is 39.9 Å². The summed E-state index contributed by atoms with van der Waals surface area (Å²) < 4.78 is 10.8. The second kappa shape index (κ2) is 7.55. The maximum Gasteiger partial charge on any atom is 0.289 e. The van der Waals surface area contributed by atoms with E-state index in [9.17, 15) is 4.79 Å². The Morgan fingerprint density at radius 2 is 2.19 bits per heavy atom. The number of carbonyl (C=O) groups is 1. The van der Waals surface area contributed by atoms with Gasteiger partial charge < -0.3 is 14.1 Å². The van der Waals surface area contributed by atoms with Crippen LogP contribution in [-0.2, 0) is 11.3 Å². The third kappa shape index (κ3) is 3.46. The Morgan fingerprint density at radius 1 is 1.35 bits per heavy atom. The van der Waals surface area contributed by atoms with Crippen LogP contribution < -0.4 is 0 Å². The van der Waals surface area contributed by atoms with Crippen LogP contribution >= 0.6 is 11.3 Å². The lowest BCUT2D eigenvalue weighted by atomic mass is 9.71. The Morgan fingerprint density at radius 3 is 2.85 bits per heavy atom. The van der Waals surface area contributed by atoms with E-state index >= 15 is 0 Å². The van der Waals surface area contributed by atoms with Crippen molar-refractivity contribution in [1.82, 2.24) is 9.80 Å². The van der Waals surface area contributed by atoms with Gasteiger partial charge in [-0.1, -0.05) is 6.07 Å². The van der Waals surface area contributed by atoms with Gasteiger partial charge in [0.15, 0.2) is 5.76 Å². The number of likely N-dealkylation sites (tertiary alicyclic amines) is 2. The van der Waals surface area contributed by atoms with Gasteiger partial charge in [0.2, 0.25) is 0 Å². The van der Waals surface area contributed by atoms with Gasteiger partial charge in [0, 0.05) is 37.5 Å². The molecule has 0 aliphatic carbocycles. The summed E-state index contributed by atoms with van der Waals surface area (Å²) in [7, 11) is 1.76. The molecule has 2 fully saturated rings. The second-order valence-corrected chi connectivity index (χ2v) is 8.57. The van der Waals surface area contributed by atoms with Gasteiger partial charge in [-0.3, -0.25) is 9.69 Å². The molecule has 2 aromatic heterocycles. The van der Waals surface area contributed by atoms with E-state index in [1.54, 1.807) is 25.5 Å². The first-order chi connectivity index (χ1) is 12.7. The molecule has 0 radical (unpaired) electrons. The first kappa shape index (κ1) is 17.8. The standard InChI is InChI=1S/C20H26N2O3S/c1-24-14-16-12-22(19(23)18-5-2-10-25-18)15-20(16)6-8-21(9-7-20)13-17-4-3-11-26-17/h2-5,10-11,16H,6-9,12-15H2,1H3/t16-/m1/s1. The maximum atomic E-state index is 12.7. The molecule has 4 heterocycles. The molecule has 1 spiro atoms. The number of methoxy groups -OCH3 is 1. The number of hydrogen-bond donors (Lipinski definition) is 0. The predicted octanol–water partition coefficient (Wildman–Crippen LogP) is 3.34. The van der Waals surface area contributed by atoms with Crippen LogP contribution in [0, 0.1) is 11.3 Å². The van der Waals surface area contributed by atoms with Crippen molar-refractivity contribution in [2.45, 2.75) is 19.4 Å². The van der Waals surface area contributed by atoms with Crippen molar-refractivity contribution in [3.8, 4) is 0 Å². The fraction of sp³-hybridized carbons (Fsp3) is 0.550. The highest BCUT2D eigenvalue weighted by molar-refractivity contribution is 7.09. The van der Waals surface area contributed by atoms with E-state index in [1.807, 2.05) is 16.2 Å². The molecule has 6 heteroatoms. The molecule has 2 saturated heterocycles. The number of hydrogen-bond acceptors (Lipinski definition) is 5. The van der Waals surface area contributed by atoms with E-state index in [0.717, 1.165) is 45.6 Å². The smallest absolute Gasteiger partial charge is 0.289 e. The molecule has 1 amide bonds. The average molecular weight is 375 g/mol. The minimum atomic E-state index is 0.00833. The molecule has 0 unspecified atom stereocenters. The van der Waals surface area contributed by atoms with E-state index < -0.39 is 0 Å². The van der Waals surface area contributed by atoms with Crippen LogP contribution in [0.5, 0.6) is 0 Å². The van der Waals surface area contributed by atoms with E-state index in [-0.39, 0.29) is 11.3 Å². The van der Waals surface area contributed by atoms with Crippen molar-refractivity contribution in [1.29, 1.82) is 0 Å². The van der Waals surface area contributed by atoms with E-state index in [2.05, 4.69) is 22.4 Å². The van der Waals surface area contributed by atoms with Gasteiger partial charge >= 0.3 is 0 Å². The highest BCUT2D eigenvalue weighted by Crippen LogP contribution is 2.45. The van der Waals surface area contributed by atoms with Gasteiger partial charge in [-0.25, -0.2) is 0 Å². The van der Waals surface area contributed by atoms with Crippen LogP contribution in [0.4, 0.5) is 0 Å². The molecule has 4 rings (SSSR count). The molecule has 0 bridgehead atoms. The molecule has 2 aliphatic rings. The third-order valence-corrected chi connectivity index (χ3v) is 6.87. The molecule has 0 aromatic carbocycles. The zero-order chi connectivity index (χ0) is 18.0. The van der Waals surface area contributed by atoms with E-state index in [0.29, 0.717) is 18.3 Å². The van der Waals surface area contributed by atoms with Gasteiger partial charge in [-0.15, -0.1) is 11.3 Å². The fourth-order valence-electron chi connectivity index (χ4n) is 4.52. The minimum Gasteiger partial charge on any atom is -0.459 e. The lowest BCUT2D eigenvalue weighted by Gasteiger charge is -2.42. The second-order valence-electron chi connectivity index (χ2n) is 7.53. The molecule has 140 valence electrons. The maximum absolute atomic E-state index is 12.7. The first-order valence-electron chi connectivity index (χ1n) is 9.27. The number of rotatable bonds is 5. The van der Waals surface area contributed by atoms with Crippen molar-refractivity contribution in [3.63, 3.8) is 0 Å². The van der Waals surface area contributed by atoms with Crippen LogP contribution in [0.2, 0.25) is 0 Å². The molecule has 2 aromatic rings. The van der Waals surface area contributed by atoms with E-state index in [4.69, 9.17) is 9.15 Å². The Balaban J connectivity index is 1.43. The third-order valence-electron chi connectivity index (χ3n) is 6.01. The summed E-state index contributed by atoms with van der Waals surface area (Å²) in [5, 5.41) is 2.14. The molecule has 0 N–H and O–H groups in total. The minimum absolute atomic E-state index is 0.00833. The number of furan rings is 1. The van der Waals surface area contributed by atoms with Crippen LogP contribution in [0.1, 0.15) is 28.3 Å². The van der Waals surface area contributed by atoms with Gasteiger partial charge in [0.05, 0.1) is 12.9 Å². The summed E-state index contributed by atoms with van der Waals surface area (Å²) in [6, 6.07) is 7.86. The lowest BCUT2D eigenvalue weighted by molar-refractivity contribution is 0.0350. The number of ether oxygens (including phenoxy) is 1. The summed E-state index contributed by atoms with van der Waals surface area (Å²) in [4.78, 5) is 18.7.